The minimum Gasteiger partial charge on any atom is -0.467 e. The standard InChI is InChI=1S/C19H26N4O3S/c1-6-13(3)16(18(25)26-5)20-15(24)11-27-19-22-21-17(23(19)4)14-9-7-8-12(2)10-14/h7-10,13,16H,6,11H2,1-5H3,(H,20,24). The lowest BCUT2D eigenvalue weighted by atomic mass is 9.99. The first kappa shape index (κ1) is 21.0. The van der Waals surface area contributed by atoms with Gasteiger partial charge in [0.05, 0.1) is 12.9 Å². The van der Waals surface area contributed by atoms with Crippen LogP contribution in [-0.2, 0) is 21.4 Å². The van der Waals surface area contributed by atoms with Crippen LogP contribution in [0, 0.1) is 12.8 Å². The molecule has 0 saturated heterocycles. The van der Waals surface area contributed by atoms with Crippen molar-refractivity contribution in [3.05, 3.63) is 29.8 Å². The molecule has 0 radical (unpaired) electrons. The highest BCUT2D eigenvalue weighted by Crippen LogP contribution is 2.23. The van der Waals surface area contributed by atoms with Gasteiger partial charge in [0.2, 0.25) is 5.91 Å². The Balaban J connectivity index is 2.02. The summed E-state index contributed by atoms with van der Waals surface area (Å²) < 4.78 is 6.65. The van der Waals surface area contributed by atoms with Gasteiger partial charge in [-0.15, -0.1) is 10.2 Å². The predicted octanol–water partition coefficient (Wildman–Crippen LogP) is 2.59. The highest BCUT2D eigenvalue weighted by molar-refractivity contribution is 7.99. The maximum atomic E-state index is 12.3. The monoisotopic (exact) mass is 390 g/mol. The number of aromatic nitrogens is 3. The topological polar surface area (TPSA) is 86.1 Å². The highest BCUT2D eigenvalue weighted by atomic mass is 32.2. The number of nitrogens with zero attached hydrogens (tertiary/aromatic N) is 3. The third kappa shape index (κ3) is 5.32. The molecule has 1 aromatic carbocycles. The molecule has 0 aliphatic carbocycles. The van der Waals surface area contributed by atoms with E-state index in [1.54, 1.807) is 0 Å². The fourth-order valence-corrected chi connectivity index (χ4v) is 3.34. The molecule has 0 saturated carbocycles. The van der Waals surface area contributed by atoms with Crippen molar-refractivity contribution in [2.75, 3.05) is 12.9 Å². The van der Waals surface area contributed by atoms with Crippen molar-refractivity contribution in [1.82, 2.24) is 20.1 Å². The molecule has 2 aromatic rings. The number of aryl methyl sites for hydroxylation is 1. The molecule has 7 nitrogen and oxygen atoms in total. The maximum Gasteiger partial charge on any atom is 0.328 e. The zero-order chi connectivity index (χ0) is 20.0. The average Bonchev–Trinajstić information content (AvgIpc) is 3.03. The van der Waals surface area contributed by atoms with Crippen LogP contribution >= 0.6 is 11.8 Å². The Kier molecular flexibility index (Phi) is 7.41. The zero-order valence-corrected chi connectivity index (χ0v) is 17.2. The van der Waals surface area contributed by atoms with E-state index >= 15 is 0 Å². The third-order valence-corrected chi connectivity index (χ3v) is 5.45. The summed E-state index contributed by atoms with van der Waals surface area (Å²) in [5.74, 6) is 0.214. The molecular formula is C19H26N4O3S. The van der Waals surface area contributed by atoms with Gasteiger partial charge in [-0.25, -0.2) is 4.79 Å². The van der Waals surface area contributed by atoms with Gasteiger partial charge < -0.3 is 14.6 Å². The molecule has 2 atom stereocenters. The lowest BCUT2D eigenvalue weighted by Gasteiger charge is -2.21. The van der Waals surface area contributed by atoms with Crippen molar-refractivity contribution < 1.29 is 14.3 Å². The Morgan fingerprint density at radius 3 is 2.70 bits per heavy atom. The minimum atomic E-state index is -0.643. The van der Waals surface area contributed by atoms with Gasteiger partial charge in [0.25, 0.3) is 0 Å². The molecule has 1 amide bonds. The molecule has 2 unspecified atom stereocenters. The van der Waals surface area contributed by atoms with Crippen molar-refractivity contribution in [2.24, 2.45) is 13.0 Å². The first-order valence-electron chi connectivity index (χ1n) is 8.83. The molecule has 0 fully saturated rings. The van der Waals surface area contributed by atoms with Crippen LogP contribution in [0.15, 0.2) is 29.4 Å². The van der Waals surface area contributed by atoms with Gasteiger partial charge in [0.15, 0.2) is 11.0 Å². The van der Waals surface area contributed by atoms with Crippen molar-refractivity contribution in [1.29, 1.82) is 0 Å². The van der Waals surface area contributed by atoms with Gasteiger partial charge in [0, 0.05) is 12.6 Å². The van der Waals surface area contributed by atoms with Crippen LogP contribution in [0.5, 0.6) is 0 Å². The number of nitrogens with one attached hydrogen (secondary N) is 1. The Hall–Kier alpha value is -2.35. The maximum absolute atomic E-state index is 12.3. The Labute approximate surface area is 163 Å². The van der Waals surface area contributed by atoms with Crippen molar-refractivity contribution >= 4 is 23.6 Å². The second-order valence-corrected chi connectivity index (χ2v) is 7.42. The van der Waals surface area contributed by atoms with E-state index < -0.39 is 12.0 Å². The van der Waals surface area contributed by atoms with Crippen LogP contribution in [0.2, 0.25) is 0 Å². The molecule has 27 heavy (non-hydrogen) atoms. The lowest BCUT2D eigenvalue weighted by molar-refractivity contribution is -0.146. The summed E-state index contributed by atoms with van der Waals surface area (Å²) in [6, 6.07) is 7.37. The van der Waals surface area contributed by atoms with E-state index in [-0.39, 0.29) is 17.6 Å². The van der Waals surface area contributed by atoms with Crippen LogP contribution in [0.25, 0.3) is 11.4 Å². The molecule has 146 valence electrons. The lowest BCUT2D eigenvalue weighted by Crippen LogP contribution is -2.46. The number of carbonyl (C=O) groups is 2. The Morgan fingerprint density at radius 1 is 1.33 bits per heavy atom. The minimum absolute atomic E-state index is 0.00542. The van der Waals surface area contributed by atoms with Crippen molar-refractivity contribution in [2.45, 2.75) is 38.4 Å². The molecule has 0 spiro atoms. The SMILES string of the molecule is CCC(C)C(NC(=O)CSc1nnc(-c2cccc(C)c2)n1C)C(=O)OC. The summed E-state index contributed by atoms with van der Waals surface area (Å²) >= 11 is 1.28. The van der Waals surface area contributed by atoms with E-state index in [0.29, 0.717) is 5.16 Å². The molecule has 0 aliphatic rings. The summed E-state index contributed by atoms with van der Waals surface area (Å²) in [7, 11) is 3.19. The summed E-state index contributed by atoms with van der Waals surface area (Å²) in [5, 5.41) is 11.8. The highest BCUT2D eigenvalue weighted by Gasteiger charge is 2.26. The van der Waals surface area contributed by atoms with Crippen molar-refractivity contribution in [3.8, 4) is 11.4 Å². The van der Waals surface area contributed by atoms with E-state index in [1.807, 2.05) is 56.7 Å². The second kappa shape index (κ2) is 9.55. The summed E-state index contributed by atoms with van der Waals surface area (Å²) in [6.45, 7) is 5.90. The fourth-order valence-electron chi connectivity index (χ4n) is 2.62. The molecule has 1 N–H and O–H groups in total. The van der Waals surface area contributed by atoms with Crippen molar-refractivity contribution in [3.63, 3.8) is 0 Å². The van der Waals surface area contributed by atoms with Gasteiger partial charge in [-0.2, -0.15) is 0 Å². The van der Waals surface area contributed by atoms with E-state index in [4.69, 9.17) is 4.74 Å². The number of methoxy groups -OCH3 is 1. The molecule has 0 bridgehead atoms. The number of benzene rings is 1. The number of ether oxygens (including phenoxy) is 1. The van der Waals surface area contributed by atoms with Crippen LogP contribution < -0.4 is 5.32 Å². The molecule has 2 rings (SSSR count). The van der Waals surface area contributed by atoms with Crippen LogP contribution in [0.3, 0.4) is 0 Å². The number of thioether (sulfide) groups is 1. The number of hydrogen-bond donors (Lipinski definition) is 1. The van der Waals surface area contributed by atoms with Gasteiger partial charge in [0.1, 0.15) is 6.04 Å². The molecular weight excluding hydrogens is 364 g/mol. The second-order valence-electron chi connectivity index (χ2n) is 6.48. The number of carbonyl (C=O) groups excluding carboxylic acids is 2. The first-order valence-corrected chi connectivity index (χ1v) is 9.82. The fraction of sp³-hybridized carbons (Fsp3) is 0.474. The van der Waals surface area contributed by atoms with Gasteiger partial charge in [-0.05, 0) is 18.9 Å². The molecule has 8 heteroatoms. The van der Waals surface area contributed by atoms with E-state index in [9.17, 15) is 9.59 Å². The number of esters is 1. The predicted molar refractivity (Wildman–Crippen MR) is 105 cm³/mol. The van der Waals surface area contributed by atoms with Crippen LogP contribution in [0.1, 0.15) is 25.8 Å². The number of amides is 1. The smallest absolute Gasteiger partial charge is 0.328 e. The normalized spacial score (nSPS) is 13.1. The quantitative estimate of drug-likeness (QED) is 0.551. The van der Waals surface area contributed by atoms with E-state index in [1.165, 1.54) is 18.9 Å². The molecule has 1 heterocycles. The summed E-state index contributed by atoms with van der Waals surface area (Å²) in [6.07, 6.45) is 0.760. The van der Waals surface area contributed by atoms with Crippen LogP contribution in [0.4, 0.5) is 0 Å². The van der Waals surface area contributed by atoms with Crippen LogP contribution in [-0.4, -0.2) is 45.5 Å². The zero-order valence-electron chi connectivity index (χ0n) is 16.4. The molecule has 0 aliphatic heterocycles. The summed E-state index contributed by atoms with van der Waals surface area (Å²) in [5.41, 5.74) is 2.12. The Morgan fingerprint density at radius 2 is 2.07 bits per heavy atom. The van der Waals surface area contributed by atoms with Gasteiger partial charge in [-0.1, -0.05) is 55.8 Å². The largest absolute Gasteiger partial charge is 0.467 e. The van der Waals surface area contributed by atoms with Gasteiger partial charge >= 0.3 is 5.97 Å². The van der Waals surface area contributed by atoms with E-state index in [0.717, 1.165) is 23.4 Å². The van der Waals surface area contributed by atoms with E-state index in [2.05, 4.69) is 15.5 Å². The Bertz CT molecular complexity index is 806. The number of rotatable bonds is 8. The first-order chi connectivity index (χ1) is 12.9. The average molecular weight is 391 g/mol. The molecule has 1 aromatic heterocycles. The third-order valence-electron chi connectivity index (χ3n) is 4.43. The number of hydrogen-bond acceptors (Lipinski definition) is 6. The van der Waals surface area contributed by atoms with Gasteiger partial charge in [-0.3, -0.25) is 4.79 Å². The summed E-state index contributed by atoms with van der Waals surface area (Å²) in [4.78, 5) is 24.2.